The SMILES string of the molecule is COc1c2c3c(c(OC)c1OC)-c1ccccc1CC3[NH+](C[O-])CC2. The first-order chi connectivity index (χ1) is 12.2. The summed E-state index contributed by atoms with van der Waals surface area (Å²) in [7, 11) is 4.97. The van der Waals surface area contributed by atoms with Crippen LogP contribution in [0.3, 0.4) is 0 Å². The van der Waals surface area contributed by atoms with E-state index in [1.165, 1.54) is 16.7 Å². The van der Waals surface area contributed by atoms with Crippen LogP contribution in [0.5, 0.6) is 17.2 Å². The molecule has 1 N–H and O–H groups in total. The topological polar surface area (TPSA) is 55.2 Å². The van der Waals surface area contributed by atoms with E-state index in [1.54, 1.807) is 21.3 Å². The van der Waals surface area contributed by atoms with Gasteiger partial charge in [0, 0.05) is 36.3 Å². The van der Waals surface area contributed by atoms with Crippen molar-refractivity contribution >= 4 is 0 Å². The van der Waals surface area contributed by atoms with Gasteiger partial charge in [-0.25, -0.2) is 0 Å². The number of benzene rings is 2. The minimum absolute atomic E-state index is 0.123. The highest BCUT2D eigenvalue weighted by Gasteiger charge is 2.41. The van der Waals surface area contributed by atoms with E-state index in [9.17, 15) is 5.11 Å². The number of hydrogen-bond acceptors (Lipinski definition) is 4. The van der Waals surface area contributed by atoms with Gasteiger partial charge >= 0.3 is 0 Å². The van der Waals surface area contributed by atoms with Crippen LogP contribution in [-0.4, -0.2) is 34.6 Å². The first-order valence-corrected chi connectivity index (χ1v) is 8.60. The van der Waals surface area contributed by atoms with Crippen LogP contribution in [0, 0.1) is 0 Å². The van der Waals surface area contributed by atoms with Crippen LogP contribution in [0.2, 0.25) is 0 Å². The molecule has 0 saturated carbocycles. The Kier molecular flexibility index (Phi) is 4.06. The second-order valence-electron chi connectivity index (χ2n) is 6.58. The lowest BCUT2D eigenvalue weighted by molar-refractivity contribution is -0.989. The molecule has 5 nitrogen and oxygen atoms in total. The predicted octanol–water partition coefficient (Wildman–Crippen LogP) is 0.735. The van der Waals surface area contributed by atoms with Crippen molar-refractivity contribution in [2.24, 2.45) is 0 Å². The smallest absolute Gasteiger partial charge is 0.204 e. The lowest BCUT2D eigenvalue weighted by Crippen LogP contribution is -3.15. The zero-order valence-electron chi connectivity index (χ0n) is 14.8. The Bertz CT molecular complexity index is 818. The standard InChI is InChI=1S/C20H22NO4/c1-23-18-14-8-9-21(11-22)15-10-12-6-4-5-7-13(12)17(16(14)15)19(24-2)20(18)25-3/h4-7,15H,8-11H2,1-3H3/q-1/p+1. The third kappa shape index (κ3) is 2.23. The molecule has 0 aromatic heterocycles. The summed E-state index contributed by atoms with van der Waals surface area (Å²) < 4.78 is 17.2. The van der Waals surface area contributed by atoms with Gasteiger partial charge in [0.05, 0.1) is 27.9 Å². The van der Waals surface area contributed by atoms with Gasteiger partial charge in [-0.2, -0.15) is 0 Å². The molecular formula is C20H23NO4. The van der Waals surface area contributed by atoms with E-state index in [-0.39, 0.29) is 12.8 Å². The number of fused-ring (bicyclic) bond motifs is 2. The largest absolute Gasteiger partial charge is 0.809 e. The quantitative estimate of drug-likeness (QED) is 0.891. The van der Waals surface area contributed by atoms with Gasteiger partial charge in [0.15, 0.2) is 11.5 Å². The molecule has 0 bridgehead atoms. The maximum Gasteiger partial charge on any atom is 0.204 e. The van der Waals surface area contributed by atoms with Crippen LogP contribution in [0.4, 0.5) is 0 Å². The Labute approximate surface area is 147 Å². The summed E-state index contributed by atoms with van der Waals surface area (Å²) in [4.78, 5) is 1.08. The third-order valence-electron chi connectivity index (χ3n) is 5.55. The normalized spacial score (nSPS) is 20.5. The molecule has 2 atom stereocenters. The zero-order valence-corrected chi connectivity index (χ0v) is 14.8. The van der Waals surface area contributed by atoms with Crippen LogP contribution < -0.4 is 24.2 Å². The molecule has 0 radical (unpaired) electrons. The van der Waals surface area contributed by atoms with Gasteiger partial charge in [-0.3, -0.25) is 0 Å². The van der Waals surface area contributed by atoms with Gasteiger partial charge in [-0.15, -0.1) is 0 Å². The van der Waals surface area contributed by atoms with Gasteiger partial charge in [-0.05, 0) is 11.1 Å². The maximum atomic E-state index is 11.8. The molecule has 1 heterocycles. The summed E-state index contributed by atoms with van der Waals surface area (Å²) in [6, 6.07) is 8.51. The van der Waals surface area contributed by atoms with Crippen molar-refractivity contribution in [3.8, 4) is 28.4 Å². The third-order valence-corrected chi connectivity index (χ3v) is 5.55. The first-order valence-electron chi connectivity index (χ1n) is 8.60. The van der Waals surface area contributed by atoms with Gasteiger partial charge in [-0.1, -0.05) is 24.3 Å². The molecule has 2 aromatic carbocycles. The number of quaternary nitrogens is 1. The summed E-state index contributed by atoms with van der Waals surface area (Å²) in [5.74, 6) is 2.08. The lowest BCUT2D eigenvalue weighted by atomic mass is 9.76. The Morgan fingerprint density at radius 1 is 1.04 bits per heavy atom. The van der Waals surface area contributed by atoms with Crippen molar-refractivity contribution in [3.05, 3.63) is 41.0 Å². The van der Waals surface area contributed by atoms with Crippen molar-refractivity contribution in [1.82, 2.24) is 0 Å². The molecule has 132 valence electrons. The molecule has 0 amide bonds. The second-order valence-corrected chi connectivity index (χ2v) is 6.58. The molecule has 0 saturated heterocycles. The molecule has 4 rings (SSSR count). The van der Waals surface area contributed by atoms with E-state index in [1.807, 2.05) is 6.07 Å². The average molecular weight is 341 g/mol. The average Bonchev–Trinajstić information content (AvgIpc) is 2.67. The highest BCUT2D eigenvalue weighted by molar-refractivity contribution is 5.85. The minimum atomic E-state index is -0.123. The monoisotopic (exact) mass is 341 g/mol. The summed E-state index contributed by atoms with van der Waals surface area (Å²) in [6.07, 6.45) is 1.68. The lowest BCUT2D eigenvalue weighted by Gasteiger charge is -2.41. The van der Waals surface area contributed by atoms with Crippen LogP contribution >= 0.6 is 0 Å². The summed E-state index contributed by atoms with van der Waals surface area (Å²) in [5.41, 5.74) is 5.84. The van der Waals surface area contributed by atoms with Crippen molar-refractivity contribution < 1.29 is 24.2 Å². The summed E-state index contributed by atoms with van der Waals surface area (Å²) in [6.45, 7) is 0.691. The van der Waals surface area contributed by atoms with Gasteiger partial charge in [0.2, 0.25) is 5.75 Å². The molecule has 5 heteroatoms. The Hall–Kier alpha value is -2.24. The molecular weight excluding hydrogens is 318 g/mol. The molecule has 0 fully saturated rings. The predicted molar refractivity (Wildman–Crippen MR) is 92.4 cm³/mol. The number of ether oxygens (including phenoxy) is 3. The van der Waals surface area contributed by atoms with Crippen molar-refractivity contribution in [1.29, 1.82) is 0 Å². The van der Waals surface area contributed by atoms with E-state index in [0.29, 0.717) is 11.5 Å². The number of hydrogen-bond donors (Lipinski definition) is 1. The minimum Gasteiger partial charge on any atom is -0.809 e. The van der Waals surface area contributed by atoms with Crippen molar-refractivity contribution in [3.63, 3.8) is 0 Å². The Morgan fingerprint density at radius 2 is 1.76 bits per heavy atom. The Balaban J connectivity index is 2.11. The maximum absolute atomic E-state index is 11.8. The number of nitrogens with one attached hydrogen (secondary N) is 1. The first kappa shape index (κ1) is 16.2. The van der Waals surface area contributed by atoms with Crippen LogP contribution in [0.15, 0.2) is 24.3 Å². The van der Waals surface area contributed by atoms with E-state index in [2.05, 4.69) is 18.2 Å². The fraction of sp³-hybridized carbons (Fsp3) is 0.400. The van der Waals surface area contributed by atoms with Crippen LogP contribution in [0.25, 0.3) is 11.1 Å². The fourth-order valence-corrected chi connectivity index (χ4v) is 4.49. The van der Waals surface area contributed by atoms with Crippen molar-refractivity contribution in [2.45, 2.75) is 18.9 Å². The van der Waals surface area contributed by atoms with Crippen molar-refractivity contribution in [2.75, 3.05) is 34.6 Å². The molecule has 1 aliphatic heterocycles. The van der Waals surface area contributed by atoms with Crippen LogP contribution in [-0.2, 0) is 12.8 Å². The highest BCUT2D eigenvalue weighted by Crippen LogP contribution is 2.54. The molecule has 1 aliphatic carbocycles. The summed E-state index contributed by atoms with van der Waals surface area (Å²) >= 11 is 0. The van der Waals surface area contributed by atoms with Gasteiger partial charge in [0.25, 0.3) is 0 Å². The number of methoxy groups -OCH3 is 3. The summed E-state index contributed by atoms with van der Waals surface area (Å²) in [5, 5.41) is 11.8. The molecule has 25 heavy (non-hydrogen) atoms. The van der Waals surface area contributed by atoms with Gasteiger partial charge < -0.3 is 24.2 Å². The van der Waals surface area contributed by atoms with E-state index in [4.69, 9.17) is 14.2 Å². The van der Waals surface area contributed by atoms with E-state index >= 15 is 0 Å². The molecule has 2 unspecified atom stereocenters. The fourth-order valence-electron chi connectivity index (χ4n) is 4.49. The molecule has 0 spiro atoms. The molecule has 2 aromatic rings. The molecule has 2 aliphatic rings. The van der Waals surface area contributed by atoms with Gasteiger partial charge in [0.1, 0.15) is 6.04 Å². The Morgan fingerprint density at radius 3 is 2.44 bits per heavy atom. The highest BCUT2D eigenvalue weighted by atomic mass is 16.5. The zero-order chi connectivity index (χ0) is 17.6. The van der Waals surface area contributed by atoms with E-state index < -0.39 is 0 Å². The second kappa shape index (κ2) is 6.24. The van der Waals surface area contributed by atoms with Crippen LogP contribution in [0.1, 0.15) is 22.7 Å². The number of rotatable bonds is 4. The van der Waals surface area contributed by atoms with E-state index in [0.717, 1.165) is 41.2 Å².